The number of fused-ring (bicyclic) bond motifs is 1. The number of nitrogens with one attached hydrogen (secondary N) is 4. The molecule has 1 atom stereocenters. The van der Waals surface area contributed by atoms with Crippen molar-refractivity contribution in [2.45, 2.75) is 57.2 Å². The summed E-state index contributed by atoms with van der Waals surface area (Å²) in [6.07, 6.45) is 4.01. The van der Waals surface area contributed by atoms with Crippen LogP contribution in [-0.4, -0.2) is 39.8 Å². The van der Waals surface area contributed by atoms with E-state index in [1.165, 1.54) is 0 Å². The molecule has 0 spiro atoms. The molecule has 148 valence electrons. The fourth-order valence-electron chi connectivity index (χ4n) is 4.02. The van der Waals surface area contributed by atoms with Gasteiger partial charge in [0.15, 0.2) is 0 Å². The van der Waals surface area contributed by atoms with E-state index < -0.39 is 6.04 Å². The summed E-state index contributed by atoms with van der Waals surface area (Å²) in [5.74, 6) is 0.569. The Kier molecular flexibility index (Phi) is 5.27. The van der Waals surface area contributed by atoms with Crippen LogP contribution in [0.2, 0.25) is 0 Å². The van der Waals surface area contributed by atoms with Crippen molar-refractivity contribution in [2.75, 3.05) is 0 Å². The lowest BCUT2D eigenvalue weighted by Crippen LogP contribution is -2.47. The maximum Gasteiger partial charge on any atom is 0.242 e. The Morgan fingerprint density at radius 2 is 1.86 bits per heavy atom. The topological polar surface area (TPSA) is 116 Å². The minimum absolute atomic E-state index is 0.0355. The molecule has 1 aliphatic carbocycles. The quantitative estimate of drug-likeness (QED) is 0.619. The number of nitrogens with zero attached hydrogens (tertiary/aromatic N) is 1. The molecule has 1 aromatic heterocycles. The smallest absolute Gasteiger partial charge is 0.242 e. The van der Waals surface area contributed by atoms with Crippen LogP contribution in [0, 0.1) is 5.92 Å². The molecule has 1 aliphatic heterocycles. The zero-order valence-corrected chi connectivity index (χ0v) is 15.7. The highest BCUT2D eigenvalue weighted by Crippen LogP contribution is 2.25. The Bertz CT molecular complexity index is 852. The third kappa shape index (κ3) is 4.16. The molecule has 1 saturated heterocycles. The second-order valence-electron chi connectivity index (χ2n) is 7.63. The van der Waals surface area contributed by atoms with Gasteiger partial charge in [-0.3, -0.25) is 14.4 Å². The summed E-state index contributed by atoms with van der Waals surface area (Å²) in [6, 6.07) is 7.44. The number of benzene rings is 1. The average Bonchev–Trinajstić information content (AvgIpc) is 3.32. The van der Waals surface area contributed by atoms with Gasteiger partial charge in [0.1, 0.15) is 11.9 Å². The zero-order valence-electron chi connectivity index (χ0n) is 15.7. The first-order chi connectivity index (χ1) is 13.6. The maximum absolute atomic E-state index is 12.5. The van der Waals surface area contributed by atoms with Crippen LogP contribution < -0.4 is 16.0 Å². The fraction of sp³-hybridized carbons (Fsp3) is 0.500. The minimum atomic E-state index is -0.405. The van der Waals surface area contributed by atoms with Crippen LogP contribution in [0.1, 0.15) is 44.3 Å². The van der Waals surface area contributed by atoms with E-state index in [0.717, 1.165) is 42.5 Å². The van der Waals surface area contributed by atoms with Gasteiger partial charge in [-0.2, -0.15) is 0 Å². The molecular formula is C20H25N5O3. The molecule has 0 radical (unpaired) electrons. The van der Waals surface area contributed by atoms with Gasteiger partial charge in [-0.1, -0.05) is 12.1 Å². The van der Waals surface area contributed by atoms with Gasteiger partial charge in [0, 0.05) is 18.4 Å². The van der Waals surface area contributed by atoms with E-state index in [1.54, 1.807) is 0 Å². The minimum Gasteiger partial charge on any atom is -0.352 e. The lowest BCUT2D eigenvalue weighted by Gasteiger charge is -2.29. The van der Waals surface area contributed by atoms with Gasteiger partial charge in [0.05, 0.1) is 17.6 Å². The number of H-pyrrole nitrogens is 1. The lowest BCUT2D eigenvalue weighted by molar-refractivity contribution is -0.127. The lowest BCUT2D eigenvalue weighted by atomic mass is 9.85. The van der Waals surface area contributed by atoms with Crippen molar-refractivity contribution in [1.82, 2.24) is 25.9 Å². The highest BCUT2D eigenvalue weighted by Gasteiger charge is 2.31. The molecule has 2 fully saturated rings. The second kappa shape index (κ2) is 8.00. The molecule has 28 heavy (non-hydrogen) atoms. The summed E-state index contributed by atoms with van der Waals surface area (Å²) in [7, 11) is 0. The Hall–Kier alpha value is -2.90. The number of imidazole rings is 1. The molecule has 1 unspecified atom stereocenters. The third-order valence-electron chi connectivity index (χ3n) is 5.62. The second-order valence-corrected chi connectivity index (χ2v) is 7.63. The SMILES string of the molecule is O=C1CCC(C(=O)NC2CCC(C(=O)NCc3nc4ccccc4[nH]3)CC2)N1. The van der Waals surface area contributed by atoms with Crippen molar-refractivity contribution in [3.63, 3.8) is 0 Å². The molecule has 8 heteroatoms. The normalized spacial score (nSPS) is 24.7. The summed E-state index contributed by atoms with van der Waals surface area (Å²) >= 11 is 0. The Morgan fingerprint density at radius 3 is 2.57 bits per heavy atom. The van der Waals surface area contributed by atoms with Crippen LogP contribution in [-0.2, 0) is 20.9 Å². The molecule has 0 bridgehead atoms. The number of para-hydroxylation sites is 2. The van der Waals surface area contributed by atoms with E-state index in [9.17, 15) is 14.4 Å². The van der Waals surface area contributed by atoms with Crippen molar-refractivity contribution in [3.8, 4) is 0 Å². The number of aromatic amines is 1. The molecule has 8 nitrogen and oxygen atoms in total. The van der Waals surface area contributed by atoms with E-state index in [4.69, 9.17) is 0 Å². The van der Waals surface area contributed by atoms with Gasteiger partial charge in [-0.05, 0) is 44.2 Å². The van der Waals surface area contributed by atoms with Crippen molar-refractivity contribution >= 4 is 28.8 Å². The molecule has 3 amide bonds. The molecule has 2 aliphatic rings. The monoisotopic (exact) mass is 383 g/mol. The van der Waals surface area contributed by atoms with Gasteiger partial charge >= 0.3 is 0 Å². The average molecular weight is 383 g/mol. The number of aromatic nitrogens is 2. The maximum atomic E-state index is 12.5. The standard InChI is InChI=1S/C20H25N5O3/c26-18-10-9-16(25-18)20(28)22-13-7-5-12(6-8-13)19(27)21-11-17-23-14-3-1-2-4-15(14)24-17/h1-4,12-13,16H,5-11H2,(H,21,27)(H,22,28)(H,23,24)(H,25,26). The van der Waals surface area contributed by atoms with E-state index in [0.29, 0.717) is 19.4 Å². The van der Waals surface area contributed by atoms with Crippen molar-refractivity contribution in [2.24, 2.45) is 5.92 Å². The predicted octanol–water partition coefficient (Wildman–Crippen LogP) is 1.13. The van der Waals surface area contributed by atoms with E-state index in [-0.39, 0.29) is 29.7 Å². The molecule has 4 rings (SSSR count). The highest BCUT2D eigenvalue weighted by molar-refractivity contribution is 5.90. The first-order valence-electron chi connectivity index (χ1n) is 9.89. The largest absolute Gasteiger partial charge is 0.352 e. The number of carbonyl (C=O) groups excluding carboxylic acids is 3. The molecule has 1 aromatic carbocycles. The van der Waals surface area contributed by atoms with Gasteiger partial charge in [0.25, 0.3) is 0 Å². The zero-order chi connectivity index (χ0) is 19.5. The van der Waals surface area contributed by atoms with Crippen molar-refractivity contribution < 1.29 is 14.4 Å². The van der Waals surface area contributed by atoms with E-state index in [1.807, 2.05) is 24.3 Å². The Labute approximate surface area is 162 Å². The molecule has 1 saturated carbocycles. The van der Waals surface area contributed by atoms with Crippen LogP contribution >= 0.6 is 0 Å². The van der Waals surface area contributed by atoms with Crippen LogP contribution in [0.3, 0.4) is 0 Å². The fourth-order valence-corrected chi connectivity index (χ4v) is 4.02. The third-order valence-corrected chi connectivity index (χ3v) is 5.62. The Morgan fingerprint density at radius 1 is 1.07 bits per heavy atom. The van der Waals surface area contributed by atoms with Gasteiger partial charge in [-0.25, -0.2) is 4.98 Å². The van der Waals surface area contributed by atoms with Crippen molar-refractivity contribution in [1.29, 1.82) is 0 Å². The summed E-state index contributed by atoms with van der Waals surface area (Å²) in [4.78, 5) is 43.6. The van der Waals surface area contributed by atoms with Crippen LogP contribution in [0.25, 0.3) is 11.0 Å². The predicted molar refractivity (Wildman–Crippen MR) is 103 cm³/mol. The number of hydrogen-bond acceptors (Lipinski definition) is 4. The van der Waals surface area contributed by atoms with Gasteiger partial charge in [-0.15, -0.1) is 0 Å². The number of hydrogen-bond donors (Lipinski definition) is 4. The van der Waals surface area contributed by atoms with Crippen molar-refractivity contribution in [3.05, 3.63) is 30.1 Å². The van der Waals surface area contributed by atoms with Gasteiger partial charge < -0.3 is 20.9 Å². The molecular weight excluding hydrogens is 358 g/mol. The first-order valence-corrected chi connectivity index (χ1v) is 9.89. The number of amides is 3. The van der Waals surface area contributed by atoms with E-state index in [2.05, 4.69) is 25.9 Å². The highest BCUT2D eigenvalue weighted by atomic mass is 16.2. The van der Waals surface area contributed by atoms with Crippen LogP contribution in [0.4, 0.5) is 0 Å². The number of carbonyl (C=O) groups is 3. The Balaban J connectivity index is 1.21. The molecule has 2 aromatic rings. The van der Waals surface area contributed by atoms with E-state index >= 15 is 0 Å². The molecule has 4 N–H and O–H groups in total. The number of rotatable bonds is 5. The van der Waals surface area contributed by atoms with Crippen LogP contribution in [0.5, 0.6) is 0 Å². The van der Waals surface area contributed by atoms with Crippen LogP contribution in [0.15, 0.2) is 24.3 Å². The summed E-state index contributed by atoms with van der Waals surface area (Å²) in [6.45, 7) is 0.381. The summed E-state index contributed by atoms with van der Waals surface area (Å²) < 4.78 is 0. The summed E-state index contributed by atoms with van der Waals surface area (Å²) in [5.41, 5.74) is 1.85. The molecule has 2 heterocycles. The first kappa shape index (κ1) is 18.5. The van der Waals surface area contributed by atoms with Gasteiger partial charge in [0.2, 0.25) is 17.7 Å². The summed E-state index contributed by atoms with van der Waals surface area (Å²) in [5, 5.41) is 8.67.